The van der Waals surface area contributed by atoms with Crippen LogP contribution in [0.3, 0.4) is 0 Å². The van der Waals surface area contributed by atoms with Crippen LogP contribution in [-0.4, -0.2) is 20.7 Å². The van der Waals surface area contributed by atoms with E-state index in [1.807, 2.05) is 98.8 Å². The van der Waals surface area contributed by atoms with Crippen molar-refractivity contribution in [1.82, 2.24) is 14.8 Å². The topological polar surface area (TPSA) is 47.8 Å². The molecule has 5 rings (SSSR count). The van der Waals surface area contributed by atoms with Gasteiger partial charge in [-0.3, -0.25) is 4.79 Å². The molecule has 0 amide bonds. The number of carbonyl (C=O) groups is 1. The predicted octanol–water partition coefficient (Wildman–Crippen LogP) is 7.21. The number of para-hydroxylation sites is 1. The van der Waals surface area contributed by atoms with Gasteiger partial charge in [0, 0.05) is 20.9 Å². The van der Waals surface area contributed by atoms with Crippen molar-refractivity contribution in [2.24, 2.45) is 0 Å². The summed E-state index contributed by atoms with van der Waals surface area (Å²) in [5.41, 5.74) is 4.69. The zero-order valence-corrected chi connectivity index (χ0v) is 19.7. The molecule has 0 aliphatic carbocycles. The molecule has 162 valence electrons. The summed E-state index contributed by atoms with van der Waals surface area (Å²) in [7, 11) is 0. The fourth-order valence-electron chi connectivity index (χ4n) is 3.82. The average molecular weight is 470 g/mol. The van der Waals surface area contributed by atoms with Gasteiger partial charge in [0.15, 0.2) is 0 Å². The number of hydrogen-bond acceptors (Lipinski definition) is 4. The summed E-state index contributed by atoms with van der Waals surface area (Å²) in [6.45, 7) is 3.85. The van der Waals surface area contributed by atoms with Crippen LogP contribution in [0.5, 0.6) is 0 Å². The Morgan fingerprint density at radius 3 is 2.36 bits per heavy atom. The van der Waals surface area contributed by atoms with Crippen molar-refractivity contribution in [3.05, 3.63) is 107 Å². The maximum atomic E-state index is 13.8. The highest BCUT2D eigenvalue weighted by molar-refractivity contribution is 7.99. The van der Waals surface area contributed by atoms with Crippen molar-refractivity contribution in [2.75, 3.05) is 0 Å². The van der Waals surface area contributed by atoms with Crippen molar-refractivity contribution >= 4 is 40.2 Å². The molecule has 0 saturated carbocycles. The molecule has 2 heterocycles. The summed E-state index contributed by atoms with van der Waals surface area (Å²) in [5, 5.41) is 6.11. The maximum absolute atomic E-state index is 13.8. The average Bonchev–Trinajstić information content (AvgIpc) is 3.13. The number of hydrogen-bond donors (Lipinski definition) is 0. The van der Waals surface area contributed by atoms with Crippen molar-refractivity contribution < 1.29 is 4.79 Å². The van der Waals surface area contributed by atoms with Crippen molar-refractivity contribution in [2.45, 2.75) is 23.6 Å². The molecule has 0 spiro atoms. The lowest BCUT2D eigenvalue weighted by Gasteiger charge is -2.10. The summed E-state index contributed by atoms with van der Waals surface area (Å²) in [6, 6.07) is 27.1. The predicted molar refractivity (Wildman–Crippen MR) is 134 cm³/mol. The van der Waals surface area contributed by atoms with Crippen LogP contribution < -0.4 is 0 Å². The SMILES string of the molecule is Cc1nn(C(=O)c2cc(-c3ccccc3)nc3ccccc23)c(C)c1Sc1ccc(Cl)cc1. The van der Waals surface area contributed by atoms with E-state index in [9.17, 15) is 4.79 Å². The first kappa shape index (κ1) is 21.4. The van der Waals surface area contributed by atoms with Gasteiger partial charge in [-0.2, -0.15) is 9.78 Å². The first-order valence-corrected chi connectivity index (χ1v) is 11.7. The van der Waals surface area contributed by atoms with E-state index in [2.05, 4.69) is 5.10 Å². The lowest BCUT2D eigenvalue weighted by Crippen LogP contribution is -2.16. The Labute approximate surface area is 201 Å². The second-order valence-electron chi connectivity index (χ2n) is 7.71. The monoisotopic (exact) mass is 469 g/mol. The van der Waals surface area contributed by atoms with Gasteiger partial charge in [0.1, 0.15) is 0 Å². The van der Waals surface area contributed by atoms with Crippen LogP contribution in [-0.2, 0) is 0 Å². The van der Waals surface area contributed by atoms with Crippen LogP contribution in [0.1, 0.15) is 21.7 Å². The third-order valence-electron chi connectivity index (χ3n) is 5.47. The summed E-state index contributed by atoms with van der Waals surface area (Å²) >= 11 is 7.60. The van der Waals surface area contributed by atoms with Crippen molar-refractivity contribution in [3.63, 3.8) is 0 Å². The summed E-state index contributed by atoms with van der Waals surface area (Å²) < 4.78 is 1.50. The van der Waals surface area contributed by atoms with Crippen LogP contribution in [0, 0.1) is 13.8 Å². The Morgan fingerprint density at radius 2 is 1.61 bits per heavy atom. The molecule has 0 bridgehead atoms. The van der Waals surface area contributed by atoms with Gasteiger partial charge in [-0.15, -0.1) is 0 Å². The standard InChI is InChI=1S/C27H20ClN3OS/c1-17-26(33-21-14-12-20(28)13-15-21)18(2)31(30-17)27(32)23-16-25(19-8-4-3-5-9-19)29-24-11-7-6-10-22(23)24/h3-16H,1-2H3. The molecule has 0 aliphatic rings. The van der Waals surface area contributed by atoms with Crippen molar-refractivity contribution in [1.29, 1.82) is 0 Å². The summed E-state index contributed by atoms with van der Waals surface area (Å²) in [5.74, 6) is -0.172. The fourth-order valence-corrected chi connectivity index (χ4v) is 4.87. The Bertz CT molecular complexity index is 1480. The van der Waals surface area contributed by atoms with E-state index in [1.165, 1.54) is 4.68 Å². The zero-order chi connectivity index (χ0) is 22.9. The Morgan fingerprint density at radius 1 is 0.909 bits per heavy atom. The van der Waals surface area contributed by atoms with Crippen LogP contribution in [0.15, 0.2) is 94.7 Å². The number of halogens is 1. The maximum Gasteiger partial charge on any atom is 0.279 e. The van der Waals surface area contributed by atoms with Gasteiger partial charge in [0.25, 0.3) is 5.91 Å². The molecule has 3 aromatic carbocycles. The minimum atomic E-state index is -0.172. The van der Waals surface area contributed by atoms with Gasteiger partial charge in [-0.05, 0) is 50.2 Å². The summed E-state index contributed by atoms with van der Waals surface area (Å²) in [6.07, 6.45) is 0. The van der Waals surface area contributed by atoms with Gasteiger partial charge in [0.05, 0.1) is 33.1 Å². The molecule has 0 fully saturated rings. The lowest BCUT2D eigenvalue weighted by atomic mass is 10.0. The van der Waals surface area contributed by atoms with Crippen molar-refractivity contribution in [3.8, 4) is 11.3 Å². The molecule has 4 nitrogen and oxygen atoms in total. The van der Waals surface area contributed by atoms with Crippen LogP contribution >= 0.6 is 23.4 Å². The van der Waals surface area contributed by atoms with E-state index in [0.29, 0.717) is 10.6 Å². The number of aromatic nitrogens is 3. The van der Waals surface area contributed by atoms with Gasteiger partial charge >= 0.3 is 0 Å². The largest absolute Gasteiger partial charge is 0.279 e. The molecule has 33 heavy (non-hydrogen) atoms. The minimum absolute atomic E-state index is 0.172. The van der Waals surface area contributed by atoms with Gasteiger partial charge in [-0.1, -0.05) is 71.9 Å². The van der Waals surface area contributed by atoms with E-state index in [-0.39, 0.29) is 5.91 Å². The molecule has 0 saturated heterocycles. The highest BCUT2D eigenvalue weighted by atomic mass is 35.5. The molecule has 0 unspecified atom stereocenters. The molecule has 5 aromatic rings. The minimum Gasteiger partial charge on any atom is -0.267 e. The molecule has 0 aliphatic heterocycles. The highest BCUT2D eigenvalue weighted by Gasteiger charge is 2.21. The van der Waals surface area contributed by atoms with Crippen LogP contribution in [0.25, 0.3) is 22.2 Å². The molecule has 0 radical (unpaired) electrons. The quantitative estimate of drug-likeness (QED) is 0.279. The third-order valence-corrected chi connectivity index (χ3v) is 7.02. The van der Waals surface area contributed by atoms with Gasteiger partial charge in [-0.25, -0.2) is 4.98 Å². The summed E-state index contributed by atoms with van der Waals surface area (Å²) in [4.78, 5) is 20.6. The van der Waals surface area contributed by atoms with E-state index in [1.54, 1.807) is 11.8 Å². The van der Waals surface area contributed by atoms with Gasteiger partial charge in [0.2, 0.25) is 0 Å². The van der Waals surface area contributed by atoms with E-state index in [4.69, 9.17) is 16.6 Å². The second kappa shape index (κ2) is 8.85. The molecular weight excluding hydrogens is 450 g/mol. The van der Waals surface area contributed by atoms with Crippen LogP contribution in [0.4, 0.5) is 0 Å². The number of fused-ring (bicyclic) bond motifs is 1. The molecule has 2 aromatic heterocycles. The fraction of sp³-hybridized carbons (Fsp3) is 0.0741. The molecular formula is C27H20ClN3OS. The number of aryl methyl sites for hydroxylation is 1. The second-order valence-corrected chi connectivity index (χ2v) is 9.23. The molecule has 0 N–H and O–H groups in total. The number of nitrogens with zero attached hydrogens (tertiary/aromatic N) is 3. The number of rotatable bonds is 4. The van der Waals surface area contributed by atoms with Crippen LogP contribution in [0.2, 0.25) is 5.02 Å². The lowest BCUT2D eigenvalue weighted by molar-refractivity contribution is 0.0943. The van der Waals surface area contributed by atoms with E-state index in [0.717, 1.165) is 43.3 Å². The highest BCUT2D eigenvalue weighted by Crippen LogP contribution is 2.34. The van der Waals surface area contributed by atoms with Gasteiger partial charge < -0.3 is 0 Å². The first-order valence-electron chi connectivity index (χ1n) is 10.5. The zero-order valence-electron chi connectivity index (χ0n) is 18.1. The smallest absolute Gasteiger partial charge is 0.267 e. The first-order chi connectivity index (χ1) is 16.0. The number of pyridine rings is 1. The number of benzene rings is 3. The Balaban J connectivity index is 1.60. The Kier molecular flexibility index (Phi) is 5.75. The van der Waals surface area contributed by atoms with E-state index < -0.39 is 0 Å². The molecule has 0 atom stereocenters. The van der Waals surface area contributed by atoms with E-state index >= 15 is 0 Å². The molecule has 6 heteroatoms. The normalized spacial score (nSPS) is 11.1. The number of carbonyl (C=O) groups excluding carboxylic acids is 1. The third kappa shape index (κ3) is 4.17. The Hall–Kier alpha value is -3.41.